The van der Waals surface area contributed by atoms with Crippen molar-refractivity contribution >= 4 is 22.9 Å². The Balaban J connectivity index is 1.47. The predicted molar refractivity (Wildman–Crippen MR) is 105 cm³/mol. The second kappa shape index (κ2) is 6.11. The van der Waals surface area contributed by atoms with Gasteiger partial charge in [0.25, 0.3) is 0 Å². The molecule has 0 radical (unpaired) electrons. The van der Waals surface area contributed by atoms with Gasteiger partial charge in [0.15, 0.2) is 0 Å². The van der Waals surface area contributed by atoms with E-state index in [0.29, 0.717) is 12.0 Å². The quantitative estimate of drug-likeness (QED) is 0.875. The zero-order valence-electron chi connectivity index (χ0n) is 16.8. The number of H-pyrrole nitrogens is 1. The van der Waals surface area contributed by atoms with Crippen LogP contribution in [0.4, 0.5) is 10.6 Å². The molecule has 7 nitrogen and oxygen atoms in total. The molecule has 3 atom stereocenters. The first-order valence-electron chi connectivity index (χ1n) is 9.65. The molecule has 2 aromatic rings. The molecule has 2 fully saturated rings. The number of nitrogens with one attached hydrogen (secondary N) is 1. The van der Waals surface area contributed by atoms with Crippen molar-refractivity contribution in [2.24, 2.45) is 11.3 Å². The van der Waals surface area contributed by atoms with E-state index >= 15 is 0 Å². The van der Waals surface area contributed by atoms with E-state index in [1.54, 1.807) is 6.33 Å². The zero-order valence-corrected chi connectivity index (χ0v) is 16.8. The number of ether oxygens (including phenoxy) is 1. The van der Waals surface area contributed by atoms with Crippen LogP contribution in [-0.4, -0.2) is 57.7 Å². The SMILES string of the molecule is CN(c1ncnc2[nH]ccc12)[C@@H]1C[C@@H]2CN(C(=O)OC(C)(C)C)C[C@]2(C)C1. The van der Waals surface area contributed by atoms with E-state index in [1.807, 2.05) is 37.9 Å². The summed E-state index contributed by atoms with van der Waals surface area (Å²) in [6.07, 6.45) is 5.44. The monoisotopic (exact) mass is 371 g/mol. The molecule has 1 saturated carbocycles. The lowest BCUT2D eigenvalue weighted by Gasteiger charge is -2.30. The molecule has 1 aliphatic carbocycles. The number of amides is 1. The van der Waals surface area contributed by atoms with Crippen LogP contribution >= 0.6 is 0 Å². The predicted octanol–water partition coefficient (Wildman–Crippen LogP) is 3.43. The number of fused-ring (bicyclic) bond motifs is 2. The fourth-order valence-electron chi connectivity index (χ4n) is 4.73. The highest BCUT2D eigenvalue weighted by Gasteiger charge is 2.52. The molecular formula is C20H29N5O2. The van der Waals surface area contributed by atoms with Crippen molar-refractivity contribution in [3.05, 3.63) is 18.6 Å². The fourth-order valence-corrected chi connectivity index (χ4v) is 4.73. The van der Waals surface area contributed by atoms with E-state index in [9.17, 15) is 4.79 Å². The van der Waals surface area contributed by atoms with Gasteiger partial charge in [-0.2, -0.15) is 0 Å². The minimum atomic E-state index is -0.451. The van der Waals surface area contributed by atoms with E-state index < -0.39 is 5.60 Å². The molecule has 1 amide bonds. The number of aromatic nitrogens is 3. The molecule has 0 spiro atoms. The van der Waals surface area contributed by atoms with E-state index in [0.717, 1.165) is 42.8 Å². The Bertz CT molecular complexity index is 857. The Morgan fingerprint density at radius 1 is 1.41 bits per heavy atom. The molecule has 3 heterocycles. The molecule has 1 N–H and O–H groups in total. The third kappa shape index (κ3) is 3.24. The summed E-state index contributed by atoms with van der Waals surface area (Å²) in [6, 6.07) is 2.44. The first kappa shape index (κ1) is 18.1. The molecular weight excluding hydrogens is 342 g/mol. The second-order valence-electron chi connectivity index (χ2n) is 9.35. The van der Waals surface area contributed by atoms with Crippen molar-refractivity contribution in [3.63, 3.8) is 0 Å². The van der Waals surface area contributed by atoms with Crippen LogP contribution in [0.25, 0.3) is 11.0 Å². The van der Waals surface area contributed by atoms with Crippen molar-refractivity contribution in [2.75, 3.05) is 25.0 Å². The zero-order chi connectivity index (χ0) is 19.4. The van der Waals surface area contributed by atoms with Crippen LogP contribution in [0.15, 0.2) is 18.6 Å². The molecule has 7 heteroatoms. The summed E-state index contributed by atoms with van der Waals surface area (Å²) < 4.78 is 5.57. The summed E-state index contributed by atoms with van der Waals surface area (Å²) in [6.45, 7) is 9.59. The van der Waals surface area contributed by atoms with Crippen LogP contribution in [-0.2, 0) is 4.74 Å². The highest BCUT2D eigenvalue weighted by atomic mass is 16.6. The summed E-state index contributed by atoms with van der Waals surface area (Å²) >= 11 is 0. The summed E-state index contributed by atoms with van der Waals surface area (Å²) in [4.78, 5) is 28.6. The summed E-state index contributed by atoms with van der Waals surface area (Å²) in [7, 11) is 2.12. The second-order valence-corrected chi connectivity index (χ2v) is 9.35. The van der Waals surface area contributed by atoms with Gasteiger partial charge in [0.05, 0.1) is 5.39 Å². The minimum Gasteiger partial charge on any atom is -0.444 e. The maximum absolute atomic E-state index is 12.5. The summed E-state index contributed by atoms with van der Waals surface area (Å²) in [5.41, 5.74) is 0.542. The Hall–Kier alpha value is -2.31. The number of hydrogen-bond acceptors (Lipinski definition) is 5. The van der Waals surface area contributed by atoms with Gasteiger partial charge in [-0.3, -0.25) is 0 Å². The topological polar surface area (TPSA) is 74.4 Å². The Labute approximate surface area is 160 Å². The van der Waals surface area contributed by atoms with E-state index in [2.05, 4.69) is 33.8 Å². The molecule has 0 unspecified atom stereocenters. The largest absolute Gasteiger partial charge is 0.444 e. The Morgan fingerprint density at radius 2 is 2.19 bits per heavy atom. The van der Waals surface area contributed by atoms with Gasteiger partial charge in [0, 0.05) is 32.4 Å². The van der Waals surface area contributed by atoms with Gasteiger partial charge < -0.3 is 19.5 Å². The number of rotatable bonds is 2. The lowest BCUT2D eigenvalue weighted by molar-refractivity contribution is 0.0269. The van der Waals surface area contributed by atoms with E-state index in [-0.39, 0.29) is 11.5 Å². The number of carbonyl (C=O) groups excluding carboxylic acids is 1. The summed E-state index contributed by atoms with van der Waals surface area (Å²) in [5.74, 6) is 1.46. The standard InChI is InChI=1S/C20H29N5O2/c1-19(2,3)27-18(26)25-10-13-8-14(9-20(13,4)11-25)24(5)17-15-6-7-21-16(15)22-12-23-17/h6-7,12-14H,8-11H2,1-5H3,(H,21,22,23)/t13-,14-,20+/m1/s1. The lowest BCUT2D eigenvalue weighted by atomic mass is 9.83. The van der Waals surface area contributed by atoms with Crippen LogP contribution < -0.4 is 4.90 Å². The first-order valence-corrected chi connectivity index (χ1v) is 9.65. The highest BCUT2D eigenvalue weighted by Crippen LogP contribution is 2.50. The van der Waals surface area contributed by atoms with Crippen LogP contribution in [0.1, 0.15) is 40.5 Å². The third-order valence-electron chi connectivity index (χ3n) is 6.10. The molecule has 4 rings (SSSR count). The maximum Gasteiger partial charge on any atom is 0.410 e. The molecule has 0 aromatic carbocycles. The van der Waals surface area contributed by atoms with Crippen LogP contribution in [0.3, 0.4) is 0 Å². The lowest BCUT2D eigenvalue weighted by Crippen LogP contribution is -2.38. The summed E-state index contributed by atoms with van der Waals surface area (Å²) in [5, 5.41) is 1.05. The average Bonchev–Trinajstić information content (AvgIpc) is 3.23. The molecule has 27 heavy (non-hydrogen) atoms. The van der Waals surface area contributed by atoms with Gasteiger partial charge in [0.2, 0.25) is 0 Å². The molecule has 146 valence electrons. The number of nitrogens with zero attached hydrogens (tertiary/aromatic N) is 4. The molecule has 1 aliphatic heterocycles. The third-order valence-corrected chi connectivity index (χ3v) is 6.10. The normalized spacial score (nSPS) is 27.8. The molecule has 2 aromatic heterocycles. The average molecular weight is 371 g/mol. The maximum atomic E-state index is 12.5. The van der Waals surface area contributed by atoms with Gasteiger partial charge in [-0.1, -0.05) is 6.92 Å². The minimum absolute atomic E-state index is 0.125. The Morgan fingerprint density at radius 3 is 2.89 bits per heavy atom. The van der Waals surface area contributed by atoms with Crippen molar-refractivity contribution in [1.82, 2.24) is 19.9 Å². The van der Waals surface area contributed by atoms with E-state index in [1.165, 1.54) is 0 Å². The number of carbonyl (C=O) groups is 1. The smallest absolute Gasteiger partial charge is 0.410 e. The van der Waals surface area contributed by atoms with Gasteiger partial charge in [-0.15, -0.1) is 0 Å². The molecule has 1 saturated heterocycles. The number of anilines is 1. The number of aromatic amines is 1. The fraction of sp³-hybridized carbons (Fsp3) is 0.650. The Kier molecular flexibility index (Phi) is 4.09. The van der Waals surface area contributed by atoms with Crippen LogP contribution in [0, 0.1) is 11.3 Å². The molecule has 0 bridgehead atoms. The van der Waals surface area contributed by atoms with E-state index in [4.69, 9.17) is 4.74 Å². The van der Waals surface area contributed by atoms with Crippen LogP contribution in [0.5, 0.6) is 0 Å². The van der Waals surface area contributed by atoms with Crippen molar-refractivity contribution < 1.29 is 9.53 Å². The van der Waals surface area contributed by atoms with Gasteiger partial charge in [0.1, 0.15) is 23.4 Å². The highest BCUT2D eigenvalue weighted by molar-refractivity contribution is 5.87. The molecule has 2 aliphatic rings. The van der Waals surface area contributed by atoms with Crippen molar-refractivity contribution in [1.29, 1.82) is 0 Å². The first-order chi connectivity index (χ1) is 12.7. The van der Waals surface area contributed by atoms with Crippen molar-refractivity contribution in [3.8, 4) is 0 Å². The van der Waals surface area contributed by atoms with Gasteiger partial charge >= 0.3 is 6.09 Å². The van der Waals surface area contributed by atoms with Crippen LogP contribution in [0.2, 0.25) is 0 Å². The van der Waals surface area contributed by atoms with Crippen molar-refractivity contribution in [2.45, 2.75) is 52.2 Å². The van der Waals surface area contributed by atoms with Gasteiger partial charge in [-0.25, -0.2) is 14.8 Å². The number of hydrogen-bond donors (Lipinski definition) is 1. The van der Waals surface area contributed by atoms with Gasteiger partial charge in [-0.05, 0) is 51.0 Å². The number of likely N-dealkylation sites (tertiary alicyclic amines) is 1.